The Balaban J connectivity index is 2.40. The van der Waals surface area contributed by atoms with Crippen LogP contribution >= 0.6 is 11.6 Å². The fourth-order valence-electron chi connectivity index (χ4n) is 1.44. The Morgan fingerprint density at radius 2 is 2.00 bits per heavy atom. The van der Waals surface area contributed by atoms with E-state index >= 15 is 0 Å². The predicted molar refractivity (Wildman–Crippen MR) is 71.3 cm³/mol. The van der Waals surface area contributed by atoms with Crippen LogP contribution in [0.1, 0.15) is 5.69 Å². The van der Waals surface area contributed by atoms with Gasteiger partial charge in [0.25, 0.3) is 0 Å². The molecule has 1 aromatic heterocycles. The first-order chi connectivity index (χ1) is 9.02. The molecule has 0 saturated heterocycles. The molecule has 0 unspecified atom stereocenters. The maximum Gasteiger partial charge on any atom is 0.170 e. The number of halogens is 2. The molecule has 0 radical (unpaired) electrons. The minimum absolute atomic E-state index is 0.0328. The number of hydrogen-bond acceptors (Lipinski definition) is 5. The summed E-state index contributed by atoms with van der Waals surface area (Å²) in [5, 5.41) is 8.61. The highest BCUT2D eigenvalue weighted by molar-refractivity contribution is 6.31. The van der Waals surface area contributed by atoms with Gasteiger partial charge in [0, 0.05) is 12.4 Å². The lowest BCUT2D eigenvalue weighted by Gasteiger charge is -2.20. The topological polar surface area (TPSA) is 105 Å². The number of nitrogens with zero attached hydrogens (tertiary/aromatic N) is 3. The molecule has 8 heteroatoms. The molecule has 0 aliphatic heterocycles. The number of amidine groups is 1. The van der Waals surface area contributed by atoms with E-state index in [-0.39, 0.29) is 28.1 Å². The molecule has 0 saturated carbocycles. The first kappa shape index (κ1) is 13.2. The van der Waals surface area contributed by atoms with Crippen LogP contribution in [0, 0.1) is 11.2 Å². The fraction of sp³-hybridized carbons (Fsp3) is 0. The van der Waals surface area contributed by atoms with Gasteiger partial charge in [-0.1, -0.05) is 17.7 Å². The van der Waals surface area contributed by atoms with E-state index in [0.717, 1.165) is 5.01 Å². The number of nitrogens with one attached hydrogen (secondary N) is 1. The SMILES string of the molecule is N=C(c1nccnc1N)N(N)c1cccc(Cl)c1F. The molecule has 0 aliphatic rings. The summed E-state index contributed by atoms with van der Waals surface area (Å²) >= 11 is 5.66. The second kappa shape index (κ2) is 5.17. The van der Waals surface area contributed by atoms with Crippen molar-refractivity contribution in [3.8, 4) is 0 Å². The van der Waals surface area contributed by atoms with Gasteiger partial charge >= 0.3 is 0 Å². The van der Waals surface area contributed by atoms with Crippen molar-refractivity contribution in [2.45, 2.75) is 0 Å². The molecule has 98 valence electrons. The summed E-state index contributed by atoms with van der Waals surface area (Å²) < 4.78 is 13.8. The van der Waals surface area contributed by atoms with E-state index in [4.69, 9.17) is 28.6 Å². The van der Waals surface area contributed by atoms with Crippen LogP contribution in [-0.2, 0) is 0 Å². The fourth-order valence-corrected chi connectivity index (χ4v) is 1.61. The number of nitrogen functional groups attached to an aromatic ring is 1. The molecule has 0 aliphatic carbocycles. The molecule has 19 heavy (non-hydrogen) atoms. The van der Waals surface area contributed by atoms with Crippen LogP contribution in [0.2, 0.25) is 5.02 Å². The van der Waals surface area contributed by atoms with Gasteiger partial charge in [-0.3, -0.25) is 10.4 Å². The van der Waals surface area contributed by atoms with Gasteiger partial charge in [-0.25, -0.2) is 20.2 Å². The molecular weight excluding hydrogens is 271 g/mol. The van der Waals surface area contributed by atoms with Crippen molar-refractivity contribution in [3.63, 3.8) is 0 Å². The predicted octanol–water partition coefficient (Wildman–Crippen LogP) is 1.56. The summed E-state index contributed by atoms with van der Waals surface area (Å²) in [5.74, 6) is 4.72. The van der Waals surface area contributed by atoms with E-state index in [1.165, 1.54) is 30.6 Å². The standard InChI is InChI=1S/C11H10ClFN6/c12-6-2-1-3-7(8(6)13)19(16)11(15)9-10(14)18-5-4-17-9/h1-5,15H,16H2,(H2,14,18). The molecule has 0 fully saturated rings. The zero-order chi connectivity index (χ0) is 14.0. The molecule has 1 heterocycles. The lowest BCUT2D eigenvalue weighted by atomic mass is 10.2. The van der Waals surface area contributed by atoms with Gasteiger partial charge < -0.3 is 5.73 Å². The van der Waals surface area contributed by atoms with Gasteiger partial charge in [0.2, 0.25) is 0 Å². The maximum atomic E-state index is 13.8. The number of benzene rings is 1. The molecule has 6 nitrogen and oxygen atoms in total. The number of hydrogen-bond donors (Lipinski definition) is 3. The first-order valence-corrected chi connectivity index (χ1v) is 5.54. The number of anilines is 2. The Bertz CT molecular complexity index is 632. The van der Waals surface area contributed by atoms with Gasteiger partial charge in [0.15, 0.2) is 17.5 Å². The number of nitrogens with two attached hydrogens (primary N) is 2. The third-order valence-corrected chi connectivity index (χ3v) is 2.67. The highest BCUT2D eigenvalue weighted by Crippen LogP contribution is 2.25. The van der Waals surface area contributed by atoms with E-state index in [1.807, 2.05) is 0 Å². The summed E-state index contributed by atoms with van der Waals surface area (Å²) in [7, 11) is 0. The molecule has 5 N–H and O–H groups in total. The van der Waals surface area contributed by atoms with Gasteiger partial charge in [0.05, 0.1) is 10.7 Å². The maximum absolute atomic E-state index is 13.8. The zero-order valence-electron chi connectivity index (χ0n) is 9.64. The minimum atomic E-state index is -0.723. The van der Waals surface area contributed by atoms with Crippen molar-refractivity contribution in [1.29, 1.82) is 5.41 Å². The van der Waals surface area contributed by atoms with E-state index in [9.17, 15) is 4.39 Å². The van der Waals surface area contributed by atoms with Crippen LogP contribution in [0.3, 0.4) is 0 Å². The smallest absolute Gasteiger partial charge is 0.170 e. The second-order valence-corrected chi connectivity index (χ2v) is 3.99. The quantitative estimate of drug-likeness (QED) is 0.335. The van der Waals surface area contributed by atoms with Crippen LogP contribution in [0.4, 0.5) is 15.9 Å². The van der Waals surface area contributed by atoms with Crippen LogP contribution in [0.5, 0.6) is 0 Å². The Morgan fingerprint density at radius 3 is 2.68 bits per heavy atom. The van der Waals surface area contributed by atoms with Crippen LogP contribution in [-0.4, -0.2) is 15.8 Å². The van der Waals surface area contributed by atoms with Crippen molar-refractivity contribution in [3.05, 3.63) is 47.1 Å². The highest BCUT2D eigenvalue weighted by atomic mass is 35.5. The molecule has 1 aromatic carbocycles. The number of rotatable bonds is 2. The summed E-state index contributed by atoms with van der Waals surface area (Å²) in [6.07, 6.45) is 2.75. The third kappa shape index (κ3) is 2.47. The van der Waals surface area contributed by atoms with Crippen LogP contribution in [0.15, 0.2) is 30.6 Å². The molecule has 0 atom stereocenters. The summed E-state index contributed by atoms with van der Waals surface area (Å²) in [4.78, 5) is 7.68. The van der Waals surface area contributed by atoms with Crippen molar-refractivity contribution < 1.29 is 4.39 Å². The van der Waals surface area contributed by atoms with Crippen molar-refractivity contribution in [1.82, 2.24) is 9.97 Å². The molecule has 2 rings (SSSR count). The minimum Gasteiger partial charge on any atom is -0.382 e. The number of hydrazine groups is 1. The lowest BCUT2D eigenvalue weighted by molar-refractivity contribution is 0.627. The molecular formula is C11H10ClFN6. The van der Waals surface area contributed by atoms with E-state index in [1.54, 1.807) is 0 Å². The Labute approximate surface area is 113 Å². The van der Waals surface area contributed by atoms with E-state index in [2.05, 4.69) is 9.97 Å². The van der Waals surface area contributed by atoms with Gasteiger partial charge in [0.1, 0.15) is 5.69 Å². The average Bonchev–Trinajstić information content (AvgIpc) is 2.41. The average molecular weight is 281 g/mol. The van der Waals surface area contributed by atoms with Gasteiger partial charge in [-0.2, -0.15) is 0 Å². The van der Waals surface area contributed by atoms with Crippen molar-refractivity contribution >= 4 is 28.9 Å². The zero-order valence-corrected chi connectivity index (χ0v) is 10.4. The Hall–Kier alpha value is -2.25. The van der Waals surface area contributed by atoms with Crippen LogP contribution < -0.4 is 16.6 Å². The second-order valence-electron chi connectivity index (χ2n) is 3.58. The van der Waals surface area contributed by atoms with E-state index in [0.29, 0.717) is 0 Å². The van der Waals surface area contributed by atoms with E-state index < -0.39 is 5.82 Å². The van der Waals surface area contributed by atoms with Crippen molar-refractivity contribution in [2.24, 2.45) is 5.84 Å². The summed E-state index contributed by atoms with van der Waals surface area (Å²) in [5.41, 5.74) is 5.60. The van der Waals surface area contributed by atoms with Gasteiger partial charge in [-0.15, -0.1) is 0 Å². The molecule has 0 bridgehead atoms. The Morgan fingerprint density at radius 1 is 1.32 bits per heavy atom. The van der Waals surface area contributed by atoms with Crippen molar-refractivity contribution in [2.75, 3.05) is 10.7 Å². The largest absolute Gasteiger partial charge is 0.382 e. The summed E-state index contributed by atoms with van der Waals surface area (Å²) in [6.45, 7) is 0. The third-order valence-electron chi connectivity index (χ3n) is 2.38. The normalized spacial score (nSPS) is 10.3. The summed E-state index contributed by atoms with van der Waals surface area (Å²) in [6, 6.07) is 4.30. The Kier molecular flexibility index (Phi) is 3.59. The van der Waals surface area contributed by atoms with Gasteiger partial charge in [-0.05, 0) is 12.1 Å². The molecule has 0 amide bonds. The molecule has 2 aromatic rings. The lowest BCUT2D eigenvalue weighted by Crippen LogP contribution is -2.39. The monoisotopic (exact) mass is 280 g/mol. The highest BCUT2D eigenvalue weighted by Gasteiger charge is 2.19. The first-order valence-electron chi connectivity index (χ1n) is 5.16. The van der Waals surface area contributed by atoms with Crippen LogP contribution in [0.25, 0.3) is 0 Å². The molecule has 0 spiro atoms. The number of aromatic nitrogens is 2.